The van der Waals surface area contributed by atoms with E-state index in [0.717, 1.165) is 5.56 Å². The third-order valence-corrected chi connectivity index (χ3v) is 4.24. The SMILES string of the molecule is Cl.O=C(CCc1cccc([N+](=O)[O-])c1)Nc1ccc2c(c1F)CCNC2. The molecule has 1 aliphatic heterocycles. The number of non-ortho nitro benzene ring substituents is 1. The van der Waals surface area contributed by atoms with Crippen LogP contribution in [0.4, 0.5) is 15.8 Å². The van der Waals surface area contributed by atoms with Crippen LogP contribution >= 0.6 is 12.4 Å². The highest BCUT2D eigenvalue weighted by molar-refractivity contribution is 5.91. The van der Waals surface area contributed by atoms with Crippen molar-refractivity contribution in [2.45, 2.75) is 25.8 Å². The summed E-state index contributed by atoms with van der Waals surface area (Å²) < 4.78 is 14.5. The molecule has 0 aromatic heterocycles. The minimum Gasteiger partial charge on any atom is -0.324 e. The van der Waals surface area contributed by atoms with Crippen LogP contribution in [0.5, 0.6) is 0 Å². The minimum atomic E-state index is -0.471. The van der Waals surface area contributed by atoms with Gasteiger partial charge < -0.3 is 10.6 Å². The number of nitrogens with one attached hydrogen (secondary N) is 2. The summed E-state index contributed by atoms with van der Waals surface area (Å²) in [6.45, 7) is 1.35. The zero-order valence-corrected chi connectivity index (χ0v) is 14.8. The van der Waals surface area contributed by atoms with Gasteiger partial charge in [-0.3, -0.25) is 14.9 Å². The first-order valence-corrected chi connectivity index (χ1v) is 8.09. The molecule has 0 spiro atoms. The van der Waals surface area contributed by atoms with Crippen molar-refractivity contribution in [3.63, 3.8) is 0 Å². The van der Waals surface area contributed by atoms with Crippen LogP contribution in [0.1, 0.15) is 23.1 Å². The van der Waals surface area contributed by atoms with Crippen LogP contribution in [-0.4, -0.2) is 17.4 Å². The van der Waals surface area contributed by atoms with Crippen molar-refractivity contribution in [1.82, 2.24) is 5.32 Å². The average Bonchev–Trinajstić information content (AvgIpc) is 2.63. The van der Waals surface area contributed by atoms with Gasteiger partial charge in [0.05, 0.1) is 10.6 Å². The minimum absolute atomic E-state index is 0. The first-order valence-electron chi connectivity index (χ1n) is 8.09. The van der Waals surface area contributed by atoms with Gasteiger partial charge >= 0.3 is 0 Å². The summed E-state index contributed by atoms with van der Waals surface area (Å²) in [7, 11) is 0. The van der Waals surface area contributed by atoms with E-state index < -0.39 is 4.92 Å². The molecule has 2 aromatic rings. The fraction of sp³-hybridized carbons (Fsp3) is 0.278. The molecular formula is C18H19ClFN3O3. The molecule has 1 amide bonds. The fourth-order valence-electron chi connectivity index (χ4n) is 2.93. The highest BCUT2D eigenvalue weighted by Gasteiger charge is 2.17. The van der Waals surface area contributed by atoms with E-state index in [1.807, 2.05) is 6.07 Å². The normalized spacial score (nSPS) is 12.7. The number of halogens is 2. The van der Waals surface area contributed by atoms with E-state index in [1.165, 1.54) is 12.1 Å². The Bertz CT molecular complexity index is 829. The highest BCUT2D eigenvalue weighted by Crippen LogP contribution is 2.24. The molecule has 1 heterocycles. The Kier molecular flexibility index (Phi) is 6.65. The maximum Gasteiger partial charge on any atom is 0.269 e. The van der Waals surface area contributed by atoms with Crippen molar-refractivity contribution < 1.29 is 14.1 Å². The number of nitrogens with zero attached hydrogens (tertiary/aromatic N) is 1. The number of carbonyl (C=O) groups excluding carboxylic acids is 1. The molecule has 0 fully saturated rings. The quantitative estimate of drug-likeness (QED) is 0.616. The zero-order valence-electron chi connectivity index (χ0n) is 14.0. The van der Waals surface area contributed by atoms with Gasteiger partial charge in [0.2, 0.25) is 5.91 Å². The van der Waals surface area contributed by atoms with Crippen LogP contribution in [0.3, 0.4) is 0 Å². The Balaban J connectivity index is 0.00000243. The van der Waals surface area contributed by atoms with Crippen LogP contribution < -0.4 is 10.6 Å². The maximum absolute atomic E-state index is 14.5. The van der Waals surface area contributed by atoms with E-state index >= 15 is 0 Å². The third-order valence-electron chi connectivity index (χ3n) is 4.24. The Morgan fingerprint density at radius 3 is 2.88 bits per heavy atom. The van der Waals surface area contributed by atoms with Gasteiger partial charge in [-0.2, -0.15) is 0 Å². The summed E-state index contributed by atoms with van der Waals surface area (Å²) in [5.41, 5.74) is 2.44. The highest BCUT2D eigenvalue weighted by atomic mass is 35.5. The molecule has 8 heteroatoms. The third kappa shape index (κ3) is 4.56. The second-order valence-corrected chi connectivity index (χ2v) is 5.97. The van der Waals surface area contributed by atoms with E-state index in [2.05, 4.69) is 10.6 Å². The number of nitro benzene ring substituents is 1. The number of rotatable bonds is 5. The van der Waals surface area contributed by atoms with Crippen LogP contribution in [0.25, 0.3) is 0 Å². The first kappa shape index (κ1) is 19.8. The maximum atomic E-state index is 14.5. The van der Waals surface area contributed by atoms with Gasteiger partial charge in [-0.05, 0) is 42.1 Å². The number of benzene rings is 2. The van der Waals surface area contributed by atoms with Crippen LogP contribution in [0, 0.1) is 15.9 Å². The van der Waals surface area contributed by atoms with Gasteiger partial charge in [-0.25, -0.2) is 4.39 Å². The summed E-state index contributed by atoms with van der Waals surface area (Å²) in [6, 6.07) is 9.56. The molecule has 0 atom stereocenters. The van der Waals surface area contributed by atoms with Gasteiger partial charge in [-0.1, -0.05) is 18.2 Å². The number of nitro groups is 1. The van der Waals surface area contributed by atoms with Crippen molar-refractivity contribution in [3.05, 3.63) is 69.0 Å². The summed E-state index contributed by atoms with van der Waals surface area (Å²) in [4.78, 5) is 22.4. The van der Waals surface area contributed by atoms with Crippen LogP contribution in [-0.2, 0) is 24.2 Å². The van der Waals surface area contributed by atoms with E-state index in [-0.39, 0.29) is 41.9 Å². The molecule has 3 rings (SSSR count). The first-order chi connectivity index (χ1) is 12.0. The Hall–Kier alpha value is -2.51. The number of carbonyl (C=O) groups is 1. The lowest BCUT2D eigenvalue weighted by Gasteiger charge is -2.19. The lowest BCUT2D eigenvalue weighted by atomic mass is 9.99. The lowest BCUT2D eigenvalue weighted by molar-refractivity contribution is -0.384. The molecule has 0 saturated heterocycles. The lowest BCUT2D eigenvalue weighted by Crippen LogP contribution is -2.25. The Morgan fingerprint density at radius 2 is 2.12 bits per heavy atom. The number of aryl methyl sites for hydroxylation is 1. The second-order valence-electron chi connectivity index (χ2n) is 5.97. The largest absolute Gasteiger partial charge is 0.324 e. The predicted molar refractivity (Wildman–Crippen MR) is 99.1 cm³/mol. The molecule has 2 aromatic carbocycles. The van der Waals surface area contributed by atoms with Crippen molar-refractivity contribution in [2.75, 3.05) is 11.9 Å². The Labute approximate surface area is 156 Å². The molecule has 0 aliphatic carbocycles. The number of hydrogen-bond donors (Lipinski definition) is 2. The molecule has 138 valence electrons. The topological polar surface area (TPSA) is 84.3 Å². The van der Waals surface area contributed by atoms with Gasteiger partial charge in [0.25, 0.3) is 5.69 Å². The monoisotopic (exact) mass is 379 g/mol. The number of anilines is 1. The molecule has 0 bridgehead atoms. The van der Waals surface area contributed by atoms with Crippen LogP contribution in [0.2, 0.25) is 0 Å². The van der Waals surface area contributed by atoms with E-state index in [4.69, 9.17) is 0 Å². The molecule has 2 N–H and O–H groups in total. The molecule has 0 radical (unpaired) electrons. The molecular weight excluding hydrogens is 361 g/mol. The smallest absolute Gasteiger partial charge is 0.269 e. The van der Waals surface area contributed by atoms with Crippen molar-refractivity contribution in [3.8, 4) is 0 Å². The average molecular weight is 380 g/mol. The van der Waals surface area contributed by atoms with Crippen molar-refractivity contribution >= 4 is 29.7 Å². The summed E-state index contributed by atoms with van der Waals surface area (Å²) in [6.07, 6.45) is 1.07. The summed E-state index contributed by atoms with van der Waals surface area (Å²) in [5, 5.41) is 16.5. The van der Waals surface area contributed by atoms with Gasteiger partial charge in [0.15, 0.2) is 0 Å². The molecule has 1 aliphatic rings. The van der Waals surface area contributed by atoms with Crippen LogP contribution in [0.15, 0.2) is 36.4 Å². The zero-order chi connectivity index (χ0) is 17.8. The van der Waals surface area contributed by atoms with E-state index in [9.17, 15) is 19.3 Å². The number of fused-ring (bicyclic) bond motifs is 1. The number of amides is 1. The Morgan fingerprint density at radius 1 is 1.31 bits per heavy atom. The summed E-state index contributed by atoms with van der Waals surface area (Å²) in [5.74, 6) is -0.693. The molecule has 6 nitrogen and oxygen atoms in total. The van der Waals surface area contributed by atoms with Crippen molar-refractivity contribution in [2.24, 2.45) is 0 Å². The standard InChI is InChI=1S/C18H18FN3O3.ClH/c19-18-15-8-9-20-11-13(15)5-6-16(18)21-17(23)7-4-12-2-1-3-14(10-12)22(24)25;/h1-3,5-6,10,20H,4,7-9,11H2,(H,21,23);1H. The van der Waals surface area contributed by atoms with E-state index in [1.54, 1.807) is 18.2 Å². The van der Waals surface area contributed by atoms with Crippen molar-refractivity contribution in [1.29, 1.82) is 0 Å². The molecule has 0 saturated carbocycles. The van der Waals surface area contributed by atoms with Gasteiger partial charge in [0.1, 0.15) is 5.82 Å². The van der Waals surface area contributed by atoms with Gasteiger partial charge in [0, 0.05) is 25.1 Å². The second kappa shape index (κ2) is 8.73. The molecule has 26 heavy (non-hydrogen) atoms. The number of hydrogen-bond acceptors (Lipinski definition) is 4. The summed E-state index contributed by atoms with van der Waals surface area (Å²) >= 11 is 0. The van der Waals surface area contributed by atoms with E-state index in [0.29, 0.717) is 37.1 Å². The predicted octanol–water partition coefficient (Wildman–Crippen LogP) is 3.37. The van der Waals surface area contributed by atoms with Gasteiger partial charge in [-0.15, -0.1) is 12.4 Å². The fourth-order valence-corrected chi connectivity index (χ4v) is 2.93. The molecule has 0 unspecified atom stereocenters.